The molecule has 0 bridgehead atoms. The Morgan fingerprint density at radius 2 is 2.07 bits per heavy atom. The molecule has 1 N–H and O–H groups in total. The van der Waals surface area contributed by atoms with Gasteiger partial charge in [0.2, 0.25) is 0 Å². The second kappa shape index (κ2) is 4.11. The van der Waals surface area contributed by atoms with E-state index >= 15 is 0 Å². The van der Waals surface area contributed by atoms with Crippen LogP contribution in [0.15, 0.2) is 12.1 Å². The van der Waals surface area contributed by atoms with Crippen molar-refractivity contribution >= 4 is 17.9 Å². The first-order chi connectivity index (χ1) is 6.92. The molecule has 0 unspecified atom stereocenters. The summed E-state index contributed by atoms with van der Waals surface area (Å²) in [6, 6.07) is 2.95. The molecule has 0 aromatic heterocycles. The van der Waals surface area contributed by atoms with Crippen LogP contribution < -0.4 is 4.74 Å². The number of methoxy groups -OCH3 is 1. The number of halogens is 1. The molecular weight excluding hydrogens is 216 g/mol. The van der Waals surface area contributed by atoms with Crippen molar-refractivity contribution in [2.45, 2.75) is 19.3 Å². The molecule has 0 heterocycles. The molecule has 0 saturated carbocycles. The van der Waals surface area contributed by atoms with Crippen LogP contribution in [0.5, 0.6) is 11.5 Å². The standard InChI is InChI=1S/C11H13ClO3/c1-11(2,6-13)7-4-10(15-3)9(14)5-8(7)12/h4-6,14H,1-3H3. The van der Waals surface area contributed by atoms with Gasteiger partial charge in [0.15, 0.2) is 11.5 Å². The third-order valence-corrected chi connectivity index (χ3v) is 2.57. The monoisotopic (exact) mass is 228 g/mol. The molecule has 1 aromatic carbocycles. The number of phenols is 1. The molecule has 82 valence electrons. The lowest BCUT2D eigenvalue weighted by Crippen LogP contribution is -2.19. The first-order valence-corrected chi connectivity index (χ1v) is 4.83. The van der Waals surface area contributed by atoms with Gasteiger partial charge in [-0.25, -0.2) is 0 Å². The first kappa shape index (κ1) is 11.9. The Morgan fingerprint density at radius 3 is 2.53 bits per heavy atom. The largest absolute Gasteiger partial charge is 0.504 e. The predicted octanol–water partition coefficient (Wildman–Crippen LogP) is 2.53. The highest BCUT2D eigenvalue weighted by Crippen LogP contribution is 2.37. The molecule has 1 aromatic rings. The van der Waals surface area contributed by atoms with Gasteiger partial charge in [-0.1, -0.05) is 11.6 Å². The number of hydrogen-bond acceptors (Lipinski definition) is 3. The fraction of sp³-hybridized carbons (Fsp3) is 0.364. The van der Waals surface area contributed by atoms with E-state index in [2.05, 4.69) is 0 Å². The summed E-state index contributed by atoms with van der Waals surface area (Å²) in [5, 5.41) is 9.81. The van der Waals surface area contributed by atoms with Crippen LogP contribution in [0.4, 0.5) is 0 Å². The lowest BCUT2D eigenvalue weighted by molar-refractivity contribution is -0.111. The highest BCUT2D eigenvalue weighted by atomic mass is 35.5. The smallest absolute Gasteiger partial charge is 0.160 e. The normalized spacial score (nSPS) is 11.2. The van der Waals surface area contributed by atoms with E-state index in [0.717, 1.165) is 6.29 Å². The highest BCUT2D eigenvalue weighted by molar-refractivity contribution is 6.31. The van der Waals surface area contributed by atoms with Crippen LogP contribution >= 0.6 is 11.6 Å². The molecule has 0 saturated heterocycles. The van der Waals surface area contributed by atoms with Gasteiger partial charge in [-0.15, -0.1) is 0 Å². The minimum atomic E-state index is -0.696. The molecule has 0 aliphatic rings. The Labute approximate surface area is 93.6 Å². The number of rotatable bonds is 3. The van der Waals surface area contributed by atoms with E-state index < -0.39 is 5.41 Å². The number of benzene rings is 1. The first-order valence-electron chi connectivity index (χ1n) is 4.45. The van der Waals surface area contributed by atoms with Crippen LogP contribution in [-0.2, 0) is 10.2 Å². The van der Waals surface area contributed by atoms with Crippen LogP contribution in [0.1, 0.15) is 19.4 Å². The average Bonchev–Trinajstić information content (AvgIpc) is 2.17. The van der Waals surface area contributed by atoms with E-state index in [1.54, 1.807) is 19.9 Å². The van der Waals surface area contributed by atoms with Crippen molar-refractivity contribution in [3.63, 3.8) is 0 Å². The van der Waals surface area contributed by atoms with Crippen LogP contribution in [0.3, 0.4) is 0 Å². The van der Waals surface area contributed by atoms with Crippen molar-refractivity contribution in [3.05, 3.63) is 22.7 Å². The Hall–Kier alpha value is -1.22. The van der Waals surface area contributed by atoms with Crippen molar-refractivity contribution in [1.82, 2.24) is 0 Å². The van der Waals surface area contributed by atoms with Gasteiger partial charge in [-0.05, 0) is 25.5 Å². The predicted molar refractivity (Wildman–Crippen MR) is 58.8 cm³/mol. The van der Waals surface area contributed by atoms with E-state index in [1.807, 2.05) is 0 Å². The molecule has 15 heavy (non-hydrogen) atoms. The minimum Gasteiger partial charge on any atom is -0.504 e. The lowest BCUT2D eigenvalue weighted by Gasteiger charge is -2.20. The van der Waals surface area contributed by atoms with Gasteiger partial charge < -0.3 is 14.6 Å². The zero-order valence-corrected chi connectivity index (χ0v) is 9.63. The molecule has 0 spiro atoms. The molecule has 0 atom stereocenters. The van der Waals surface area contributed by atoms with Crippen molar-refractivity contribution in [2.24, 2.45) is 0 Å². The third-order valence-electron chi connectivity index (χ3n) is 2.26. The fourth-order valence-electron chi connectivity index (χ4n) is 1.26. The number of phenolic OH excluding ortho intramolecular Hbond substituents is 1. The topological polar surface area (TPSA) is 46.5 Å². The van der Waals surface area contributed by atoms with Gasteiger partial charge >= 0.3 is 0 Å². The van der Waals surface area contributed by atoms with E-state index in [4.69, 9.17) is 16.3 Å². The van der Waals surface area contributed by atoms with Gasteiger partial charge in [0, 0.05) is 16.5 Å². The van der Waals surface area contributed by atoms with Crippen LogP contribution in [-0.4, -0.2) is 18.5 Å². The SMILES string of the molecule is COc1cc(C(C)(C)C=O)c(Cl)cc1O. The maximum atomic E-state index is 10.9. The summed E-state index contributed by atoms with van der Waals surface area (Å²) in [5.41, 5.74) is -0.0632. The zero-order valence-electron chi connectivity index (χ0n) is 8.87. The van der Waals surface area contributed by atoms with E-state index in [-0.39, 0.29) is 5.75 Å². The maximum Gasteiger partial charge on any atom is 0.160 e. The number of carbonyl (C=O) groups is 1. The van der Waals surface area contributed by atoms with Crippen molar-refractivity contribution in [1.29, 1.82) is 0 Å². The Morgan fingerprint density at radius 1 is 1.47 bits per heavy atom. The van der Waals surface area contributed by atoms with Crippen molar-refractivity contribution in [2.75, 3.05) is 7.11 Å². The summed E-state index contributed by atoms with van der Waals surface area (Å²) in [5.74, 6) is 0.275. The van der Waals surface area contributed by atoms with Crippen molar-refractivity contribution < 1.29 is 14.6 Å². The van der Waals surface area contributed by atoms with Gasteiger partial charge in [0.25, 0.3) is 0 Å². The second-order valence-electron chi connectivity index (χ2n) is 3.84. The van der Waals surface area contributed by atoms with Crippen molar-refractivity contribution in [3.8, 4) is 11.5 Å². The zero-order chi connectivity index (χ0) is 11.6. The number of hydrogen-bond donors (Lipinski definition) is 1. The second-order valence-corrected chi connectivity index (χ2v) is 4.25. The Kier molecular flexibility index (Phi) is 3.25. The summed E-state index contributed by atoms with van der Waals surface area (Å²) in [6.07, 6.45) is 0.810. The van der Waals surface area contributed by atoms with Gasteiger partial charge in [-0.3, -0.25) is 0 Å². The molecule has 0 fully saturated rings. The Bertz CT molecular complexity index is 386. The number of ether oxygens (including phenoxy) is 1. The number of aldehydes is 1. The molecule has 0 aliphatic carbocycles. The summed E-state index contributed by atoms with van der Waals surface area (Å²) < 4.78 is 4.96. The fourth-order valence-corrected chi connectivity index (χ4v) is 1.67. The molecule has 0 radical (unpaired) electrons. The lowest BCUT2D eigenvalue weighted by atomic mass is 9.86. The van der Waals surface area contributed by atoms with Gasteiger partial charge in [0.05, 0.1) is 7.11 Å². The molecule has 0 amide bonds. The highest BCUT2D eigenvalue weighted by Gasteiger charge is 2.24. The van der Waals surface area contributed by atoms with E-state index in [1.165, 1.54) is 13.2 Å². The minimum absolute atomic E-state index is 0.0343. The summed E-state index contributed by atoms with van der Waals surface area (Å²) in [7, 11) is 1.45. The summed E-state index contributed by atoms with van der Waals surface area (Å²) in [6.45, 7) is 3.50. The van der Waals surface area contributed by atoms with Gasteiger partial charge in [0.1, 0.15) is 6.29 Å². The Balaban J connectivity index is 3.36. The summed E-state index contributed by atoms with van der Waals surface area (Å²) in [4.78, 5) is 10.9. The number of aromatic hydroxyl groups is 1. The summed E-state index contributed by atoms with van der Waals surface area (Å²) >= 11 is 5.95. The van der Waals surface area contributed by atoms with E-state index in [0.29, 0.717) is 16.3 Å². The average molecular weight is 229 g/mol. The van der Waals surface area contributed by atoms with Crippen LogP contribution in [0.25, 0.3) is 0 Å². The van der Waals surface area contributed by atoms with Gasteiger partial charge in [-0.2, -0.15) is 0 Å². The van der Waals surface area contributed by atoms with Crippen LogP contribution in [0, 0.1) is 0 Å². The third kappa shape index (κ3) is 2.23. The van der Waals surface area contributed by atoms with E-state index in [9.17, 15) is 9.90 Å². The van der Waals surface area contributed by atoms with Crippen LogP contribution in [0.2, 0.25) is 5.02 Å². The number of carbonyl (C=O) groups excluding carboxylic acids is 1. The molecule has 3 nitrogen and oxygen atoms in total. The molecule has 0 aliphatic heterocycles. The molecule has 4 heteroatoms. The maximum absolute atomic E-state index is 10.9. The quantitative estimate of drug-likeness (QED) is 0.809. The molecular formula is C11H13ClO3. The molecule has 1 rings (SSSR count).